The van der Waals surface area contributed by atoms with Crippen LogP contribution in [0.3, 0.4) is 0 Å². The smallest absolute Gasteiger partial charge is 0.305 e. The van der Waals surface area contributed by atoms with Gasteiger partial charge in [-0.2, -0.15) is 0 Å². The van der Waals surface area contributed by atoms with Gasteiger partial charge in [0.2, 0.25) is 5.91 Å². The molecule has 1 rings (SSSR count). The van der Waals surface area contributed by atoms with Gasteiger partial charge in [-0.25, -0.2) is 0 Å². The molecule has 11 nitrogen and oxygen atoms in total. The SMILES string of the molecule is CCC/C=C/CC/C=C/CC/C=C/C(O)C(COC1OC(CO)C(O)C(O)C1O)NC(=O)CCCCCCCCCCCCCCOC(=O)CCCCCCCCCCCCC. The molecule has 1 amide bonds. The summed E-state index contributed by atoms with van der Waals surface area (Å²) < 4.78 is 16.6. The van der Waals surface area contributed by atoms with Crippen LogP contribution in [-0.2, 0) is 23.8 Å². The highest BCUT2D eigenvalue weighted by Crippen LogP contribution is 2.23. The van der Waals surface area contributed by atoms with Gasteiger partial charge in [0.25, 0.3) is 0 Å². The fraction of sp³-hybridized carbons (Fsp3) is 0.843. The molecule has 1 heterocycles. The Kier molecular flexibility index (Phi) is 38.8. The summed E-state index contributed by atoms with van der Waals surface area (Å²) in [6.07, 6.45) is 37.9. The van der Waals surface area contributed by atoms with E-state index in [0.717, 1.165) is 83.5 Å². The van der Waals surface area contributed by atoms with Gasteiger partial charge in [0.1, 0.15) is 24.4 Å². The highest BCUT2D eigenvalue weighted by atomic mass is 16.7. The first-order valence-corrected chi connectivity index (χ1v) is 25.3. The minimum atomic E-state index is -1.58. The lowest BCUT2D eigenvalue weighted by atomic mass is 9.99. The molecule has 0 bridgehead atoms. The largest absolute Gasteiger partial charge is 0.466 e. The lowest BCUT2D eigenvalue weighted by Crippen LogP contribution is -2.60. The number of hydrogen-bond donors (Lipinski definition) is 6. The third-order valence-electron chi connectivity index (χ3n) is 11.7. The number of aliphatic hydroxyl groups excluding tert-OH is 5. The molecule has 0 saturated carbocycles. The third-order valence-corrected chi connectivity index (χ3v) is 11.7. The van der Waals surface area contributed by atoms with Crippen molar-refractivity contribution in [3.8, 4) is 0 Å². The van der Waals surface area contributed by atoms with Crippen LogP contribution >= 0.6 is 0 Å². The number of carbonyl (C=O) groups excluding carboxylic acids is 2. The van der Waals surface area contributed by atoms with Gasteiger partial charge in [0, 0.05) is 12.8 Å². The number of hydrogen-bond acceptors (Lipinski definition) is 10. The van der Waals surface area contributed by atoms with E-state index in [9.17, 15) is 35.1 Å². The number of allylic oxidation sites excluding steroid dienone is 5. The molecule has 1 fully saturated rings. The monoisotopic (exact) mass is 880 g/mol. The summed E-state index contributed by atoms with van der Waals surface area (Å²) in [6, 6.07) is -0.844. The van der Waals surface area contributed by atoms with Crippen LogP contribution in [0, 0.1) is 0 Å². The average Bonchev–Trinajstić information content (AvgIpc) is 3.27. The minimum absolute atomic E-state index is 0.0363. The molecular weight excluding hydrogens is 787 g/mol. The molecule has 62 heavy (non-hydrogen) atoms. The van der Waals surface area contributed by atoms with Crippen molar-refractivity contribution < 1.29 is 49.3 Å². The molecule has 1 saturated heterocycles. The molecule has 0 aliphatic carbocycles. The van der Waals surface area contributed by atoms with Crippen LogP contribution in [0.25, 0.3) is 0 Å². The molecule has 7 unspecified atom stereocenters. The zero-order valence-corrected chi connectivity index (χ0v) is 39.3. The van der Waals surface area contributed by atoms with Crippen LogP contribution in [0.2, 0.25) is 0 Å². The van der Waals surface area contributed by atoms with Gasteiger partial charge in [-0.1, -0.05) is 185 Å². The Balaban J connectivity index is 2.20. The van der Waals surface area contributed by atoms with Crippen molar-refractivity contribution >= 4 is 11.9 Å². The Morgan fingerprint density at radius 3 is 1.56 bits per heavy atom. The van der Waals surface area contributed by atoms with Gasteiger partial charge in [-0.05, 0) is 51.4 Å². The molecule has 0 aromatic carbocycles. The Labute approximate surface area is 377 Å². The maximum absolute atomic E-state index is 13.0. The lowest BCUT2D eigenvalue weighted by Gasteiger charge is -2.40. The topological polar surface area (TPSA) is 175 Å². The van der Waals surface area contributed by atoms with Gasteiger partial charge in [-0.3, -0.25) is 9.59 Å². The van der Waals surface area contributed by atoms with Crippen molar-refractivity contribution in [1.29, 1.82) is 0 Å². The first-order valence-electron chi connectivity index (χ1n) is 25.3. The summed E-state index contributed by atoms with van der Waals surface area (Å²) in [7, 11) is 0. The van der Waals surface area contributed by atoms with Crippen LogP contribution in [0.15, 0.2) is 36.5 Å². The second kappa shape index (κ2) is 41.6. The summed E-state index contributed by atoms with van der Waals surface area (Å²) in [5.74, 6) is -0.251. The van der Waals surface area contributed by atoms with Crippen LogP contribution in [0.5, 0.6) is 0 Å². The predicted octanol–water partition coefficient (Wildman–Crippen LogP) is 9.99. The van der Waals surface area contributed by atoms with Crippen molar-refractivity contribution in [1.82, 2.24) is 5.32 Å². The summed E-state index contributed by atoms with van der Waals surface area (Å²) in [4.78, 5) is 25.0. The molecular formula is C51H93NO10. The van der Waals surface area contributed by atoms with Gasteiger partial charge >= 0.3 is 5.97 Å². The highest BCUT2D eigenvalue weighted by molar-refractivity contribution is 5.76. The van der Waals surface area contributed by atoms with E-state index in [1.165, 1.54) is 96.3 Å². The molecule has 362 valence electrons. The van der Waals surface area contributed by atoms with E-state index in [4.69, 9.17) is 14.2 Å². The van der Waals surface area contributed by atoms with E-state index in [1.807, 2.05) is 6.08 Å². The van der Waals surface area contributed by atoms with Crippen molar-refractivity contribution in [2.45, 2.75) is 256 Å². The highest BCUT2D eigenvalue weighted by Gasteiger charge is 2.44. The third kappa shape index (κ3) is 31.7. The normalized spacial score (nSPS) is 20.4. The summed E-state index contributed by atoms with van der Waals surface area (Å²) in [5, 5.41) is 54.1. The number of amides is 1. The minimum Gasteiger partial charge on any atom is -0.466 e. The van der Waals surface area contributed by atoms with E-state index in [2.05, 4.69) is 43.5 Å². The molecule has 0 aromatic rings. The first kappa shape index (κ1) is 57.9. The zero-order chi connectivity index (χ0) is 45.3. The van der Waals surface area contributed by atoms with Crippen LogP contribution in [0.4, 0.5) is 0 Å². The molecule has 0 spiro atoms. The van der Waals surface area contributed by atoms with E-state index >= 15 is 0 Å². The van der Waals surface area contributed by atoms with Gasteiger partial charge in [0.15, 0.2) is 6.29 Å². The number of unbranched alkanes of at least 4 members (excludes halogenated alkanes) is 24. The summed E-state index contributed by atoms with van der Waals surface area (Å²) >= 11 is 0. The lowest BCUT2D eigenvalue weighted by molar-refractivity contribution is -0.302. The van der Waals surface area contributed by atoms with E-state index in [1.54, 1.807) is 6.08 Å². The fourth-order valence-electron chi connectivity index (χ4n) is 7.65. The Morgan fingerprint density at radius 2 is 1.05 bits per heavy atom. The number of ether oxygens (including phenoxy) is 3. The Morgan fingerprint density at radius 1 is 0.581 bits per heavy atom. The molecule has 7 atom stereocenters. The number of nitrogens with one attached hydrogen (secondary N) is 1. The number of carbonyl (C=O) groups is 2. The van der Waals surface area contributed by atoms with Crippen molar-refractivity contribution in [2.24, 2.45) is 0 Å². The number of esters is 1. The number of rotatable bonds is 42. The second-order valence-electron chi connectivity index (χ2n) is 17.5. The molecule has 11 heteroatoms. The molecule has 6 N–H and O–H groups in total. The predicted molar refractivity (Wildman–Crippen MR) is 251 cm³/mol. The summed E-state index contributed by atoms with van der Waals surface area (Å²) in [5.41, 5.74) is 0. The molecule has 0 aromatic heterocycles. The Hall–Kier alpha value is -2.12. The second-order valence-corrected chi connectivity index (χ2v) is 17.5. The van der Waals surface area contributed by atoms with Gasteiger partial charge in [-0.15, -0.1) is 0 Å². The fourth-order valence-corrected chi connectivity index (χ4v) is 7.65. The van der Waals surface area contributed by atoms with Crippen molar-refractivity contribution in [3.05, 3.63) is 36.5 Å². The standard InChI is InChI=1S/C51H93NO10/c1-3-5-7-9-11-13-17-21-25-29-33-37-44(54)43(42-61-51-50(59)49(58)48(57)45(41-53)62-51)52-46(55)38-34-30-26-22-19-15-16-20-24-28-32-36-40-60-47(56)39-35-31-27-23-18-14-12-10-8-6-4-2/h7,9,17,21,33,37,43-45,48-51,53-54,57-59H,3-6,8,10-16,18-20,22-32,34-36,38-42H2,1-2H3,(H,52,55)/b9-7+,21-17+,37-33+. The van der Waals surface area contributed by atoms with Crippen molar-refractivity contribution in [2.75, 3.05) is 19.8 Å². The zero-order valence-electron chi connectivity index (χ0n) is 39.3. The Bertz CT molecular complexity index is 1130. The first-order chi connectivity index (χ1) is 30.2. The quantitative estimate of drug-likeness (QED) is 0.0197. The van der Waals surface area contributed by atoms with Crippen molar-refractivity contribution in [3.63, 3.8) is 0 Å². The van der Waals surface area contributed by atoms with Crippen LogP contribution in [-0.4, -0.2) is 100 Å². The van der Waals surface area contributed by atoms with E-state index < -0.39 is 49.5 Å². The average molecular weight is 880 g/mol. The van der Waals surface area contributed by atoms with E-state index in [-0.39, 0.29) is 18.5 Å². The maximum Gasteiger partial charge on any atom is 0.305 e. The van der Waals surface area contributed by atoms with Gasteiger partial charge in [0.05, 0.1) is 32.0 Å². The molecule has 1 aliphatic rings. The van der Waals surface area contributed by atoms with E-state index in [0.29, 0.717) is 25.9 Å². The molecule has 1 aliphatic heterocycles. The summed E-state index contributed by atoms with van der Waals surface area (Å²) in [6.45, 7) is 4.17. The molecule has 0 radical (unpaired) electrons. The number of aliphatic hydroxyl groups is 5. The van der Waals surface area contributed by atoms with Crippen LogP contribution in [0.1, 0.15) is 213 Å². The van der Waals surface area contributed by atoms with Crippen LogP contribution < -0.4 is 5.32 Å². The maximum atomic E-state index is 13.0. The van der Waals surface area contributed by atoms with Gasteiger partial charge < -0.3 is 45.1 Å².